The van der Waals surface area contributed by atoms with Crippen molar-refractivity contribution >= 4 is 11.8 Å². The lowest BCUT2D eigenvalue weighted by molar-refractivity contribution is 0.414. The van der Waals surface area contributed by atoms with Crippen molar-refractivity contribution in [2.45, 2.75) is 44.7 Å². The minimum atomic E-state index is 0.786. The second-order valence-electron chi connectivity index (χ2n) is 4.21. The summed E-state index contributed by atoms with van der Waals surface area (Å²) >= 11 is 2.11. The van der Waals surface area contributed by atoms with Crippen molar-refractivity contribution in [1.82, 2.24) is 5.32 Å². The summed E-state index contributed by atoms with van der Waals surface area (Å²) in [5.74, 6) is 3.74. The van der Waals surface area contributed by atoms with Gasteiger partial charge in [-0.25, -0.2) is 0 Å². The van der Waals surface area contributed by atoms with Crippen LogP contribution in [-0.2, 0) is 0 Å². The van der Waals surface area contributed by atoms with Crippen molar-refractivity contribution in [2.75, 3.05) is 11.5 Å². The first kappa shape index (κ1) is 8.89. The van der Waals surface area contributed by atoms with Gasteiger partial charge in [0.05, 0.1) is 0 Å². The number of hydrogen-bond donors (Lipinski definition) is 1. The second kappa shape index (κ2) is 4.01. The summed E-state index contributed by atoms with van der Waals surface area (Å²) in [6.45, 7) is 2.36. The summed E-state index contributed by atoms with van der Waals surface area (Å²) in [6.07, 6.45) is 5.76. The van der Waals surface area contributed by atoms with Gasteiger partial charge >= 0.3 is 0 Å². The van der Waals surface area contributed by atoms with Gasteiger partial charge in [-0.15, -0.1) is 0 Å². The zero-order valence-electron chi connectivity index (χ0n) is 7.88. The van der Waals surface area contributed by atoms with E-state index in [4.69, 9.17) is 0 Å². The lowest BCUT2D eigenvalue weighted by Gasteiger charge is -2.26. The van der Waals surface area contributed by atoms with Crippen molar-refractivity contribution < 1.29 is 0 Å². The molecule has 70 valence electrons. The van der Waals surface area contributed by atoms with Crippen molar-refractivity contribution in [3.63, 3.8) is 0 Å². The van der Waals surface area contributed by atoms with E-state index < -0.39 is 0 Å². The lowest BCUT2D eigenvalue weighted by Crippen LogP contribution is -2.40. The van der Waals surface area contributed by atoms with Gasteiger partial charge in [0, 0.05) is 17.8 Å². The van der Waals surface area contributed by atoms with Gasteiger partial charge in [-0.05, 0) is 44.3 Å². The van der Waals surface area contributed by atoms with E-state index in [1.807, 2.05) is 0 Å². The van der Waals surface area contributed by atoms with Gasteiger partial charge < -0.3 is 5.32 Å². The molecule has 2 rings (SSSR count). The molecule has 0 aromatic carbocycles. The maximum Gasteiger partial charge on any atom is 0.0161 e. The fraction of sp³-hybridized carbons (Fsp3) is 1.00. The molecule has 1 nitrogen and oxygen atoms in total. The Morgan fingerprint density at radius 2 is 2.17 bits per heavy atom. The number of rotatable bonds is 3. The Morgan fingerprint density at radius 1 is 1.33 bits per heavy atom. The largest absolute Gasteiger partial charge is 0.310 e. The summed E-state index contributed by atoms with van der Waals surface area (Å²) in [5.41, 5.74) is 0. The van der Waals surface area contributed by atoms with E-state index in [1.54, 1.807) is 0 Å². The van der Waals surface area contributed by atoms with Gasteiger partial charge in [0.2, 0.25) is 0 Å². The first-order chi connectivity index (χ1) is 5.86. The Labute approximate surface area is 79.7 Å². The van der Waals surface area contributed by atoms with E-state index in [9.17, 15) is 0 Å². The van der Waals surface area contributed by atoms with E-state index in [0.717, 1.165) is 18.0 Å². The molecule has 12 heavy (non-hydrogen) atoms. The third kappa shape index (κ3) is 2.40. The summed E-state index contributed by atoms with van der Waals surface area (Å²) in [6, 6.07) is 1.60. The van der Waals surface area contributed by atoms with Crippen LogP contribution in [0.5, 0.6) is 0 Å². The SMILES string of the molecule is CC(NC1CCCSC1)C1CC1. The van der Waals surface area contributed by atoms with Gasteiger partial charge in [-0.1, -0.05) is 0 Å². The Balaban J connectivity index is 1.69. The molecule has 1 aliphatic heterocycles. The van der Waals surface area contributed by atoms with Gasteiger partial charge in [0.1, 0.15) is 0 Å². The molecule has 0 radical (unpaired) electrons. The molecule has 2 heteroatoms. The molecule has 1 saturated carbocycles. The summed E-state index contributed by atoms with van der Waals surface area (Å²) in [4.78, 5) is 0. The normalized spacial score (nSPS) is 33.2. The average Bonchev–Trinajstić information content (AvgIpc) is 2.88. The monoisotopic (exact) mass is 185 g/mol. The molecular weight excluding hydrogens is 166 g/mol. The quantitative estimate of drug-likeness (QED) is 0.724. The van der Waals surface area contributed by atoms with Crippen molar-refractivity contribution in [3.05, 3.63) is 0 Å². The summed E-state index contributed by atoms with van der Waals surface area (Å²) in [5, 5.41) is 3.76. The highest BCUT2D eigenvalue weighted by molar-refractivity contribution is 7.99. The molecule has 1 N–H and O–H groups in total. The maximum absolute atomic E-state index is 3.76. The van der Waals surface area contributed by atoms with Crippen LogP contribution in [0.3, 0.4) is 0 Å². The molecule has 2 aliphatic rings. The van der Waals surface area contributed by atoms with E-state index >= 15 is 0 Å². The van der Waals surface area contributed by atoms with Crippen molar-refractivity contribution in [3.8, 4) is 0 Å². The molecule has 0 aromatic heterocycles. The molecular formula is C10H19NS. The van der Waals surface area contributed by atoms with Gasteiger partial charge in [0.25, 0.3) is 0 Å². The Bertz CT molecular complexity index is 139. The molecule has 0 bridgehead atoms. The summed E-state index contributed by atoms with van der Waals surface area (Å²) in [7, 11) is 0. The van der Waals surface area contributed by atoms with Crippen LogP contribution < -0.4 is 5.32 Å². The fourth-order valence-corrected chi connectivity index (χ4v) is 3.06. The molecule has 2 atom stereocenters. The van der Waals surface area contributed by atoms with Gasteiger partial charge in [-0.2, -0.15) is 11.8 Å². The van der Waals surface area contributed by atoms with Crippen molar-refractivity contribution in [2.24, 2.45) is 5.92 Å². The minimum absolute atomic E-state index is 0.786. The highest BCUT2D eigenvalue weighted by atomic mass is 32.2. The third-order valence-corrected chi connectivity index (χ3v) is 4.20. The predicted molar refractivity (Wildman–Crippen MR) is 55.7 cm³/mol. The highest BCUT2D eigenvalue weighted by Gasteiger charge is 2.29. The van der Waals surface area contributed by atoms with E-state index in [2.05, 4.69) is 24.0 Å². The first-order valence-corrected chi connectivity index (χ1v) is 6.35. The van der Waals surface area contributed by atoms with Crippen LogP contribution in [-0.4, -0.2) is 23.6 Å². The summed E-state index contributed by atoms with van der Waals surface area (Å²) < 4.78 is 0. The third-order valence-electron chi connectivity index (χ3n) is 2.99. The maximum atomic E-state index is 3.76. The van der Waals surface area contributed by atoms with Gasteiger partial charge in [-0.3, -0.25) is 0 Å². The molecule has 0 aromatic rings. The molecule has 0 spiro atoms. The highest BCUT2D eigenvalue weighted by Crippen LogP contribution is 2.33. The van der Waals surface area contributed by atoms with Gasteiger partial charge in [0.15, 0.2) is 0 Å². The second-order valence-corrected chi connectivity index (χ2v) is 5.36. The zero-order valence-corrected chi connectivity index (χ0v) is 8.70. The fourth-order valence-electron chi connectivity index (χ4n) is 1.98. The molecule has 2 fully saturated rings. The Kier molecular flexibility index (Phi) is 2.97. The van der Waals surface area contributed by atoms with E-state index in [0.29, 0.717) is 0 Å². The average molecular weight is 185 g/mol. The van der Waals surface area contributed by atoms with E-state index in [-0.39, 0.29) is 0 Å². The van der Waals surface area contributed by atoms with Crippen LogP contribution in [0.15, 0.2) is 0 Å². The van der Waals surface area contributed by atoms with Crippen LogP contribution in [0.1, 0.15) is 32.6 Å². The molecule has 1 aliphatic carbocycles. The van der Waals surface area contributed by atoms with Crippen LogP contribution >= 0.6 is 11.8 Å². The van der Waals surface area contributed by atoms with E-state index in [1.165, 1.54) is 37.2 Å². The van der Waals surface area contributed by atoms with Crippen LogP contribution in [0, 0.1) is 5.92 Å². The lowest BCUT2D eigenvalue weighted by atomic mass is 10.1. The van der Waals surface area contributed by atoms with Crippen molar-refractivity contribution in [1.29, 1.82) is 0 Å². The Morgan fingerprint density at radius 3 is 2.75 bits per heavy atom. The number of nitrogens with one attached hydrogen (secondary N) is 1. The molecule has 1 heterocycles. The number of thioether (sulfide) groups is 1. The Hall–Kier alpha value is 0.310. The smallest absolute Gasteiger partial charge is 0.0161 e. The standard InChI is InChI=1S/C10H19NS/c1-8(9-4-5-9)11-10-3-2-6-12-7-10/h8-11H,2-7H2,1H3. The minimum Gasteiger partial charge on any atom is -0.310 e. The predicted octanol–water partition coefficient (Wildman–Crippen LogP) is 2.27. The molecule has 2 unspecified atom stereocenters. The van der Waals surface area contributed by atoms with Crippen LogP contribution in [0.2, 0.25) is 0 Å². The zero-order chi connectivity index (χ0) is 8.39. The topological polar surface area (TPSA) is 12.0 Å². The number of hydrogen-bond acceptors (Lipinski definition) is 2. The molecule has 1 saturated heterocycles. The first-order valence-electron chi connectivity index (χ1n) is 5.20. The van der Waals surface area contributed by atoms with Crippen LogP contribution in [0.25, 0.3) is 0 Å². The van der Waals surface area contributed by atoms with Crippen LogP contribution in [0.4, 0.5) is 0 Å². The molecule has 0 amide bonds.